The van der Waals surface area contributed by atoms with Gasteiger partial charge in [0, 0.05) is 24.2 Å². The van der Waals surface area contributed by atoms with Crippen LogP contribution in [-0.4, -0.2) is 46.1 Å². The van der Waals surface area contributed by atoms with Crippen molar-refractivity contribution >= 4 is 11.9 Å². The average molecular weight is 266 g/mol. The first-order valence-corrected chi connectivity index (χ1v) is 6.29. The van der Waals surface area contributed by atoms with Crippen molar-refractivity contribution in [2.75, 3.05) is 13.1 Å². The van der Waals surface area contributed by atoms with Crippen LogP contribution in [0.3, 0.4) is 0 Å². The fraction of sp³-hybridized carbons (Fsp3) is 0.583. The molecule has 0 aliphatic carbocycles. The summed E-state index contributed by atoms with van der Waals surface area (Å²) < 4.78 is 0. The Morgan fingerprint density at radius 1 is 1.58 bits per heavy atom. The molecule has 0 spiro atoms. The molecule has 1 fully saturated rings. The molecule has 1 aromatic heterocycles. The van der Waals surface area contributed by atoms with Gasteiger partial charge in [-0.3, -0.25) is 4.79 Å². The smallest absolute Gasteiger partial charge is 0.326 e. The second-order valence-electron chi connectivity index (χ2n) is 4.89. The van der Waals surface area contributed by atoms with E-state index in [1.165, 1.54) is 6.33 Å². The van der Waals surface area contributed by atoms with Crippen molar-refractivity contribution in [1.82, 2.24) is 20.6 Å². The second kappa shape index (κ2) is 5.83. The first-order chi connectivity index (χ1) is 9.08. The van der Waals surface area contributed by atoms with Gasteiger partial charge in [-0.2, -0.15) is 0 Å². The van der Waals surface area contributed by atoms with Crippen LogP contribution in [0.5, 0.6) is 0 Å². The van der Waals surface area contributed by atoms with Crippen LogP contribution in [0.4, 0.5) is 0 Å². The van der Waals surface area contributed by atoms with Gasteiger partial charge in [0.1, 0.15) is 6.04 Å². The number of hydrogen-bond acceptors (Lipinski definition) is 4. The Kier molecular flexibility index (Phi) is 4.16. The molecule has 19 heavy (non-hydrogen) atoms. The summed E-state index contributed by atoms with van der Waals surface area (Å²) in [5.41, 5.74) is 0.686. The summed E-state index contributed by atoms with van der Waals surface area (Å²) in [5, 5.41) is 14.8. The molecule has 2 rings (SSSR count). The molecule has 1 amide bonds. The Balaban J connectivity index is 1.92. The number of nitrogens with one attached hydrogen (secondary N) is 3. The number of aromatic nitrogens is 2. The minimum atomic E-state index is -1.04. The number of aliphatic carboxylic acids is 1. The molecular formula is C12H18N4O3. The van der Waals surface area contributed by atoms with Crippen molar-refractivity contribution in [2.45, 2.75) is 19.4 Å². The summed E-state index contributed by atoms with van der Waals surface area (Å²) in [6.07, 6.45) is 3.25. The van der Waals surface area contributed by atoms with Gasteiger partial charge in [0.15, 0.2) is 0 Å². The van der Waals surface area contributed by atoms with Crippen LogP contribution in [0.25, 0.3) is 0 Å². The zero-order valence-electron chi connectivity index (χ0n) is 10.7. The zero-order valence-corrected chi connectivity index (χ0v) is 10.7. The number of carbonyl (C=O) groups is 2. The molecule has 1 unspecified atom stereocenters. The second-order valence-corrected chi connectivity index (χ2v) is 4.89. The molecule has 4 N–H and O–H groups in total. The van der Waals surface area contributed by atoms with E-state index in [9.17, 15) is 9.59 Å². The van der Waals surface area contributed by atoms with E-state index < -0.39 is 12.0 Å². The van der Waals surface area contributed by atoms with Crippen LogP contribution >= 0.6 is 0 Å². The van der Waals surface area contributed by atoms with Gasteiger partial charge in [-0.1, -0.05) is 6.92 Å². The zero-order chi connectivity index (χ0) is 13.8. The Hall–Kier alpha value is -1.89. The van der Waals surface area contributed by atoms with E-state index in [-0.39, 0.29) is 18.2 Å². The third kappa shape index (κ3) is 3.31. The first-order valence-electron chi connectivity index (χ1n) is 6.29. The molecule has 0 aromatic carbocycles. The summed E-state index contributed by atoms with van der Waals surface area (Å²) >= 11 is 0. The van der Waals surface area contributed by atoms with Gasteiger partial charge in [-0.05, 0) is 19.0 Å². The quantitative estimate of drug-likeness (QED) is 0.549. The van der Waals surface area contributed by atoms with Crippen LogP contribution in [-0.2, 0) is 16.0 Å². The van der Waals surface area contributed by atoms with Crippen molar-refractivity contribution in [3.63, 3.8) is 0 Å². The lowest BCUT2D eigenvalue weighted by atomic mass is 9.88. The number of imidazole rings is 1. The molecule has 7 heteroatoms. The summed E-state index contributed by atoms with van der Waals surface area (Å²) in [6.45, 7) is 3.45. The molecular weight excluding hydrogens is 248 g/mol. The minimum Gasteiger partial charge on any atom is -0.480 e. The van der Waals surface area contributed by atoms with Crippen molar-refractivity contribution in [3.05, 3.63) is 18.2 Å². The van der Waals surface area contributed by atoms with Crippen molar-refractivity contribution in [1.29, 1.82) is 0 Å². The van der Waals surface area contributed by atoms with Crippen LogP contribution in [0.1, 0.15) is 12.6 Å². The third-order valence-corrected chi connectivity index (χ3v) is 3.53. The fourth-order valence-electron chi connectivity index (χ4n) is 2.00. The van der Waals surface area contributed by atoms with E-state index in [4.69, 9.17) is 5.11 Å². The Bertz CT molecular complexity index is 442. The van der Waals surface area contributed by atoms with E-state index in [0.29, 0.717) is 11.6 Å². The summed E-state index contributed by atoms with van der Waals surface area (Å²) in [4.78, 5) is 29.8. The van der Waals surface area contributed by atoms with Gasteiger partial charge in [0.05, 0.1) is 6.33 Å². The van der Waals surface area contributed by atoms with Gasteiger partial charge >= 0.3 is 5.97 Å². The minimum absolute atomic E-state index is 0.176. The van der Waals surface area contributed by atoms with Gasteiger partial charge in [0.2, 0.25) is 5.91 Å². The van der Waals surface area contributed by atoms with Crippen LogP contribution in [0, 0.1) is 11.8 Å². The highest BCUT2D eigenvalue weighted by atomic mass is 16.4. The Morgan fingerprint density at radius 3 is 2.79 bits per heavy atom. The number of aromatic amines is 1. The summed E-state index contributed by atoms with van der Waals surface area (Å²) in [5.74, 6) is -1.13. The van der Waals surface area contributed by atoms with Gasteiger partial charge < -0.3 is 20.7 Å². The van der Waals surface area contributed by atoms with E-state index in [1.54, 1.807) is 6.20 Å². The van der Waals surface area contributed by atoms with E-state index in [0.717, 1.165) is 13.1 Å². The molecule has 0 bridgehead atoms. The maximum atomic E-state index is 12.0. The Morgan fingerprint density at radius 2 is 2.32 bits per heavy atom. The van der Waals surface area contributed by atoms with Gasteiger partial charge in [-0.15, -0.1) is 0 Å². The SMILES string of the molecule is CC(C(=O)N[C@@H](Cc1cnc[nH]1)C(=O)O)C1CNC1. The highest BCUT2D eigenvalue weighted by Crippen LogP contribution is 2.16. The lowest BCUT2D eigenvalue weighted by molar-refractivity contribution is -0.142. The number of nitrogens with zero attached hydrogens (tertiary/aromatic N) is 1. The lowest BCUT2D eigenvalue weighted by Gasteiger charge is -2.32. The van der Waals surface area contributed by atoms with Crippen molar-refractivity contribution in [3.8, 4) is 0 Å². The normalized spacial score (nSPS) is 18.4. The van der Waals surface area contributed by atoms with Gasteiger partial charge in [-0.25, -0.2) is 9.78 Å². The fourth-order valence-corrected chi connectivity index (χ4v) is 2.00. The number of rotatable bonds is 6. The van der Waals surface area contributed by atoms with Crippen LogP contribution < -0.4 is 10.6 Å². The summed E-state index contributed by atoms with van der Waals surface area (Å²) in [6, 6.07) is -0.927. The van der Waals surface area contributed by atoms with E-state index in [2.05, 4.69) is 20.6 Å². The highest BCUT2D eigenvalue weighted by Gasteiger charge is 2.31. The van der Waals surface area contributed by atoms with E-state index >= 15 is 0 Å². The standard InChI is InChI=1S/C12H18N4O3/c1-7(8-3-13-4-8)11(17)16-10(12(18)19)2-9-5-14-6-15-9/h5-8,10,13H,2-4H2,1H3,(H,14,15)(H,16,17)(H,18,19)/t7?,10-/m0/s1. The number of carboxylic acid groups (broad SMARTS) is 1. The molecule has 0 radical (unpaired) electrons. The monoisotopic (exact) mass is 266 g/mol. The molecule has 1 aliphatic heterocycles. The predicted molar refractivity (Wildman–Crippen MR) is 67.4 cm³/mol. The largest absolute Gasteiger partial charge is 0.480 e. The highest BCUT2D eigenvalue weighted by molar-refractivity contribution is 5.85. The summed E-state index contributed by atoms with van der Waals surface area (Å²) in [7, 11) is 0. The number of carboxylic acids is 1. The molecule has 2 heterocycles. The molecule has 0 saturated carbocycles. The van der Waals surface area contributed by atoms with Crippen molar-refractivity contribution in [2.24, 2.45) is 11.8 Å². The third-order valence-electron chi connectivity index (χ3n) is 3.53. The number of H-pyrrole nitrogens is 1. The van der Waals surface area contributed by atoms with Crippen LogP contribution in [0.2, 0.25) is 0 Å². The molecule has 104 valence electrons. The molecule has 1 aromatic rings. The maximum Gasteiger partial charge on any atom is 0.326 e. The Labute approximate surface area is 110 Å². The number of amides is 1. The molecule has 2 atom stereocenters. The first kappa shape index (κ1) is 13.5. The van der Waals surface area contributed by atoms with E-state index in [1.807, 2.05) is 6.92 Å². The van der Waals surface area contributed by atoms with Gasteiger partial charge in [0.25, 0.3) is 0 Å². The predicted octanol–water partition coefficient (Wildman–Crippen LogP) is -0.623. The molecule has 1 aliphatic rings. The van der Waals surface area contributed by atoms with Crippen LogP contribution in [0.15, 0.2) is 12.5 Å². The number of hydrogen-bond donors (Lipinski definition) is 4. The molecule has 7 nitrogen and oxygen atoms in total. The lowest BCUT2D eigenvalue weighted by Crippen LogP contribution is -2.52. The maximum absolute atomic E-state index is 12.0. The van der Waals surface area contributed by atoms with Crippen molar-refractivity contribution < 1.29 is 14.7 Å². The number of carbonyl (C=O) groups excluding carboxylic acids is 1. The molecule has 1 saturated heterocycles. The topological polar surface area (TPSA) is 107 Å². The average Bonchev–Trinajstić information content (AvgIpc) is 2.78.